The molecule has 31 heavy (non-hydrogen) atoms. The topological polar surface area (TPSA) is 281 Å². The number of anilines is 1. The van der Waals surface area contributed by atoms with E-state index in [1.54, 1.807) is 0 Å². The van der Waals surface area contributed by atoms with E-state index in [0.717, 1.165) is 10.8 Å². The lowest BCUT2D eigenvalue weighted by molar-refractivity contribution is -0.0541. The molecule has 1 aromatic heterocycles. The Balaban J connectivity index is 2.11. The number of aliphatic hydroxyl groups excluding tert-OH is 2. The van der Waals surface area contributed by atoms with Crippen LogP contribution in [-0.4, -0.2) is 74.4 Å². The summed E-state index contributed by atoms with van der Waals surface area (Å²) in [5.41, 5.74) is 4.39. The van der Waals surface area contributed by atoms with Crippen molar-refractivity contribution in [2.45, 2.75) is 36.5 Å². The summed E-state index contributed by atoms with van der Waals surface area (Å²) in [4.78, 5) is 52.3. The predicted octanol–water partition coefficient (Wildman–Crippen LogP) is -2.39. The lowest BCUT2D eigenvalue weighted by Gasteiger charge is -2.29. The third kappa shape index (κ3) is 5.49. The van der Waals surface area contributed by atoms with Crippen LogP contribution in [-0.2, 0) is 27.3 Å². The molecule has 17 nitrogen and oxygen atoms in total. The molecule has 1 aliphatic rings. The number of phosphoric acid groups is 1. The van der Waals surface area contributed by atoms with Crippen LogP contribution in [0.25, 0.3) is 0 Å². The Morgan fingerprint density at radius 1 is 1.23 bits per heavy atom. The number of ether oxygens (including phenoxy) is 1. The Morgan fingerprint density at radius 2 is 1.81 bits per heavy atom. The molecule has 1 aromatic rings. The highest BCUT2D eigenvalue weighted by molar-refractivity contribution is 7.75. The second-order valence-electron chi connectivity index (χ2n) is 6.47. The molecule has 7 atom stereocenters. The van der Waals surface area contributed by atoms with E-state index < -0.39 is 64.9 Å². The van der Waals surface area contributed by atoms with Crippen LogP contribution >= 0.6 is 23.0 Å². The van der Waals surface area contributed by atoms with E-state index in [-0.39, 0.29) is 12.7 Å². The zero-order valence-electron chi connectivity index (χ0n) is 15.5. The van der Waals surface area contributed by atoms with Gasteiger partial charge in [-0.1, -0.05) is 0 Å². The van der Waals surface area contributed by atoms with Crippen LogP contribution in [0.15, 0.2) is 17.1 Å². The molecule has 1 saturated heterocycles. The summed E-state index contributed by atoms with van der Waals surface area (Å²) >= 11 is 0. The minimum Gasteiger partial charge on any atom is -0.387 e. The Labute approximate surface area is 173 Å². The third-order valence-corrected chi connectivity index (χ3v) is 10.1. The maximum atomic E-state index is 11.9. The molecule has 0 spiro atoms. The van der Waals surface area contributed by atoms with Crippen LogP contribution in [0.1, 0.15) is 13.2 Å². The van der Waals surface area contributed by atoms with Crippen LogP contribution in [0.5, 0.6) is 0 Å². The van der Waals surface area contributed by atoms with Gasteiger partial charge in [0.2, 0.25) is 0 Å². The number of hydrogen-bond donors (Lipinski definition) is 8. The van der Waals surface area contributed by atoms with Gasteiger partial charge in [0.1, 0.15) is 24.1 Å². The molecule has 9 N–H and O–H groups in total. The summed E-state index contributed by atoms with van der Waals surface area (Å²) in [5, 5.41) is 25.9. The maximum Gasteiger partial charge on any atom is 0.479 e. The quantitative estimate of drug-likeness (QED) is 0.169. The standard InChI is InChI=1S/C11H20N3O14P3/c1-11(18,29(19,20)21)30(22,23)28-31(24,25)26-4-5-7(15)8(16)9(27-5)14-3-2-6(12)13-10(14)17/h2-3,5,7-9,15-16,18H,4H2,1H3,(H,22,23)(H,24,25)(H2,12,13,17)(H2,19,20,21)/t5-,7-,8+,9-,11?/m1/s1. The van der Waals surface area contributed by atoms with Gasteiger partial charge < -0.3 is 45.4 Å². The smallest absolute Gasteiger partial charge is 0.387 e. The molecule has 2 heterocycles. The van der Waals surface area contributed by atoms with Crippen LogP contribution in [0.2, 0.25) is 0 Å². The van der Waals surface area contributed by atoms with Gasteiger partial charge in [0.05, 0.1) is 6.61 Å². The van der Waals surface area contributed by atoms with Gasteiger partial charge >= 0.3 is 28.7 Å². The SMILES string of the molecule is CC(O)(P(=O)(O)O)P(=O)(O)OP(=O)(O)OC[C@H]1O[C@@H](n2ccc(N)nc2=O)[C@@H](O)[C@@H]1O. The number of hydrogen-bond acceptors (Lipinski definition) is 12. The van der Waals surface area contributed by atoms with Crippen molar-refractivity contribution in [3.63, 3.8) is 0 Å². The highest BCUT2D eigenvalue weighted by atomic mass is 31.3. The van der Waals surface area contributed by atoms with Crippen molar-refractivity contribution in [1.29, 1.82) is 0 Å². The minimum absolute atomic E-state index is 0.132. The number of nitrogens with zero attached hydrogens (tertiary/aromatic N) is 2. The Kier molecular flexibility index (Phi) is 7.38. The van der Waals surface area contributed by atoms with Gasteiger partial charge in [0, 0.05) is 6.20 Å². The summed E-state index contributed by atoms with van der Waals surface area (Å²) in [6.07, 6.45) is -5.51. The first-order valence-corrected chi connectivity index (χ1v) is 12.7. The van der Waals surface area contributed by atoms with Crippen molar-refractivity contribution in [1.82, 2.24) is 9.55 Å². The maximum absolute atomic E-state index is 11.9. The molecule has 1 fully saturated rings. The van der Waals surface area contributed by atoms with Crippen molar-refractivity contribution in [2.75, 3.05) is 12.3 Å². The summed E-state index contributed by atoms with van der Waals surface area (Å²) in [6, 6.07) is 1.19. The van der Waals surface area contributed by atoms with Crippen molar-refractivity contribution < 1.29 is 62.2 Å². The van der Waals surface area contributed by atoms with Crippen molar-refractivity contribution in [2.24, 2.45) is 0 Å². The normalized spacial score (nSPS) is 30.3. The number of nitrogen functional groups attached to an aromatic ring is 1. The fraction of sp³-hybridized carbons (Fsp3) is 0.636. The Hall–Kier alpha value is -1.03. The van der Waals surface area contributed by atoms with E-state index in [1.165, 1.54) is 6.07 Å². The number of aliphatic hydroxyl groups is 3. The first-order valence-electron chi connectivity index (χ1n) is 8.05. The highest BCUT2D eigenvalue weighted by Crippen LogP contribution is 2.74. The van der Waals surface area contributed by atoms with E-state index in [4.69, 9.17) is 20.3 Å². The third-order valence-electron chi connectivity index (χ3n) is 4.17. The van der Waals surface area contributed by atoms with E-state index in [1.807, 2.05) is 0 Å². The summed E-state index contributed by atoms with van der Waals surface area (Å²) in [6.45, 7) is -0.852. The van der Waals surface area contributed by atoms with Crippen molar-refractivity contribution >= 4 is 28.8 Å². The molecule has 2 rings (SSSR count). The molecule has 1 aliphatic heterocycles. The summed E-state index contributed by atoms with van der Waals surface area (Å²) in [5.74, 6) is -0.132. The van der Waals surface area contributed by atoms with E-state index >= 15 is 0 Å². The average Bonchev–Trinajstić information content (AvgIpc) is 2.86. The molecule has 0 amide bonds. The number of nitrogens with two attached hydrogens (primary N) is 1. The van der Waals surface area contributed by atoms with Gasteiger partial charge in [-0.3, -0.25) is 18.2 Å². The first-order chi connectivity index (χ1) is 13.9. The number of aromatic nitrogens is 2. The van der Waals surface area contributed by atoms with E-state index in [0.29, 0.717) is 0 Å². The Bertz CT molecular complexity index is 1020. The van der Waals surface area contributed by atoms with Gasteiger partial charge in [0.25, 0.3) is 5.08 Å². The van der Waals surface area contributed by atoms with Crippen LogP contribution < -0.4 is 11.4 Å². The van der Waals surface area contributed by atoms with Crippen LogP contribution in [0.3, 0.4) is 0 Å². The largest absolute Gasteiger partial charge is 0.479 e. The van der Waals surface area contributed by atoms with Gasteiger partial charge in [-0.05, 0) is 13.0 Å². The lowest BCUT2D eigenvalue weighted by atomic mass is 10.1. The van der Waals surface area contributed by atoms with Crippen LogP contribution in [0, 0.1) is 0 Å². The fourth-order valence-corrected chi connectivity index (χ4v) is 6.20. The van der Waals surface area contributed by atoms with Crippen LogP contribution in [0.4, 0.5) is 5.82 Å². The molecule has 3 unspecified atom stereocenters. The molecule has 178 valence electrons. The number of rotatable bonds is 8. The van der Waals surface area contributed by atoms with Gasteiger partial charge in [0.15, 0.2) is 6.23 Å². The molecule has 0 saturated carbocycles. The van der Waals surface area contributed by atoms with Gasteiger partial charge in [-0.2, -0.15) is 4.98 Å². The molecule has 0 bridgehead atoms. The highest BCUT2D eigenvalue weighted by Gasteiger charge is 2.60. The molecule has 0 radical (unpaired) electrons. The van der Waals surface area contributed by atoms with E-state index in [2.05, 4.69) is 13.8 Å². The fourth-order valence-electron chi connectivity index (χ4n) is 2.29. The second kappa shape index (κ2) is 8.72. The Morgan fingerprint density at radius 3 is 2.32 bits per heavy atom. The van der Waals surface area contributed by atoms with Crippen molar-refractivity contribution in [3.05, 3.63) is 22.7 Å². The molecular weight excluding hydrogens is 491 g/mol. The number of phosphoric ester groups is 1. The molecule has 0 aromatic carbocycles. The van der Waals surface area contributed by atoms with Gasteiger partial charge in [-0.15, -0.1) is 0 Å². The monoisotopic (exact) mass is 511 g/mol. The lowest BCUT2D eigenvalue weighted by Crippen LogP contribution is -2.36. The second-order valence-corrected chi connectivity index (χ2v) is 12.5. The summed E-state index contributed by atoms with van der Waals surface area (Å²) in [7, 11) is -17.1. The zero-order valence-corrected chi connectivity index (χ0v) is 18.2. The van der Waals surface area contributed by atoms with Gasteiger partial charge in [-0.25, -0.2) is 13.7 Å². The summed E-state index contributed by atoms with van der Waals surface area (Å²) < 4.78 is 49.2. The molecule has 20 heteroatoms. The molecule has 0 aliphatic carbocycles. The predicted molar refractivity (Wildman–Crippen MR) is 98.2 cm³/mol. The van der Waals surface area contributed by atoms with E-state index in [9.17, 15) is 43.6 Å². The van der Waals surface area contributed by atoms with Crippen molar-refractivity contribution in [3.8, 4) is 0 Å². The zero-order chi connectivity index (χ0) is 24.0. The average molecular weight is 511 g/mol. The minimum atomic E-state index is -5.86. The molecular formula is C11H20N3O14P3. The first kappa shape index (κ1) is 26.2.